The van der Waals surface area contributed by atoms with E-state index in [-0.39, 0.29) is 24.1 Å². The van der Waals surface area contributed by atoms with Crippen molar-refractivity contribution >= 4 is 29.9 Å². The Hall–Kier alpha value is -4.41. The topological polar surface area (TPSA) is 134 Å². The van der Waals surface area contributed by atoms with Crippen molar-refractivity contribution in [3.05, 3.63) is 71.3 Å². The van der Waals surface area contributed by atoms with Crippen LogP contribution in [-0.4, -0.2) is 65.2 Å². The number of hydrazine groups is 1. The lowest BCUT2D eigenvalue weighted by molar-refractivity contribution is -0.143. The molecule has 2 aromatic rings. The van der Waals surface area contributed by atoms with Crippen molar-refractivity contribution in [2.45, 2.75) is 58.2 Å². The molecule has 39 heavy (non-hydrogen) atoms. The van der Waals surface area contributed by atoms with Gasteiger partial charge in [-0.3, -0.25) is 9.59 Å². The zero-order valence-electron chi connectivity index (χ0n) is 22.6. The highest BCUT2D eigenvalue weighted by molar-refractivity contribution is 6.21. The third-order valence-electron chi connectivity index (χ3n) is 5.79. The smallest absolute Gasteiger partial charge is 0.407 e. The third-order valence-corrected chi connectivity index (χ3v) is 5.79. The molecule has 0 saturated carbocycles. The standard InChI is InChI=1S/C28H34N4O7/c1-28(2,3)39-27(37)29-17-11-10-16-22(25(35)38-4)30-26(36)31(18-19-12-6-5-7-13-19)32-23(33)20-14-8-9-15-21(20)24(32)34/h5-9,12-15,22H,10-11,16-18H2,1-4H3,(H,29,37)(H,30,36)/t22-/m0/s1. The predicted octanol–water partition coefficient (Wildman–Crippen LogP) is 3.65. The molecule has 5 amide bonds. The number of fused-ring (bicyclic) bond motifs is 1. The molecule has 0 spiro atoms. The van der Waals surface area contributed by atoms with Crippen LogP contribution >= 0.6 is 0 Å². The fraction of sp³-hybridized carbons (Fsp3) is 0.393. The second kappa shape index (κ2) is 12.9. The summed E-state index contributed by atoms with van der Waals surface area (Å²) in [4.78, 5) is 64.1. The highest BCUT2D eigenvalue weighted by Crippen LogP contribution is 2.25. The van der Waals surface area contributed by atoms with Crippen LogP contribution in [0.1, 0.15) is 66.3 Å². The van der Waals surface area contributed by atoms with E-state index in [1.54, 1.807) is 63.2 Å². The number of urea groups is 1. The summed E-state index contributed by atoms with van der Waals surface area (Å²) in [5.41, 5.74) is 0.438. The quantitative estimate of drug-likeness (QED) is 0.268. The number of hydrogen-bond acceptors (Lipinski definition) is 7. The number of imide groups is 1. The number of carbonyl (C=O) groups is 5. The predicted molar refractivity (Wildman–Crippen MR) is 141 cm³/mol. The van der Waals surface area contributed by atoms with Gasteiger partial charge < -0.3 is 20.1 Å². The minimum atomic E-state index is -1.04. The van der Waals surface area contributed by atoms with Crippen LogP contribution in [-0.2, 0) is 20.8 Å². The van der Waals surface area contributed by atoms with E-state index in [1.165, 1.54) is 19.2 Å². The van der Waals surface area contributed by atoms with Crippen molar-refractivity contribution in [1.29, 1.82) is 0 Å². The molecule has 3 rings (SSSR count). The third kappa shape index (κ3) is 7.79. The maximum atomic E-state index is 13.5. The molecule has 11 nitrogen and oxygen atoms in total. The lowest BCUT2D eigenvalue weighted by Gasteiger charge is -2.31. The van der Waals surface area contributed by atoms with Crippen LogP contribution in [0.2, 0.25) is 0 Å². The molecule has 2 N–H and O–H groups in total. The fourth-order valence-corrected chi connectivity index (χ4v) is 3.98. The number of esters is 1. The molecule has 1 aliphatic heterocycles. The Labute approximate surface area is 227 Å². The minimum absolute atomic E-state index is 0.0914. The number of ether oxygens (including phenoxy) is 2. The van der Waals surface area contributed by atoms with Gasteiger partial charge in [0.25, 0.3) is 11.8 Å². The van der Waals surface area contributed by atoms with E-state index in [4.69, 9.17) is 9.47 Å². The molecule has 0 saturated heterocycles. The summed E-state index contributed by atoms with van der Waals surface area (Å²) in [6.45, 7) is 5.51. The van der Waals surface area contributed by atoms with E-state index >= 15 is 0 Å². The van der Waals surface area contributed by atoms with Gasteiger partial charge in [0.05, 0.1) is 24.8 Å². The van der Waals surface area contributed by atoms with E-state index in [0.29, 0.717) is 24.9 Å². The molecular weight excluding hydrogens is 504 g/mol. The molecule has 1 atom stereocenters. The molecule has 0 unspecified atom stereocenters. The average molecular weight is 539 g/mol. The van der Waals surface area contributed by atoms with Crippen LogP contribution in [0.5, 0.6) is 0 Å². The Morgan fingerprint density at radius 1 is 0.923 bits per heavy atom. The molecule has 11 heteroatoms. The van der Waals surface area contributed by atoms with Gasteiger partial charge >= 0.3 is 18.1 Å². The maximum absolute atomic E-state index is 13.5. The molecular formula is C28H34N4O7. The van der Waals surface area contributed by atoms with Gasteiger partial charge in [0, 0.05) is 6.54 Å². The first kappa shape index (κ1) is 29.2. The van der Waals surface area contributed by atoms with Crippen LogP contribution in [0, 0.1) is 0 Å². The van der Waals surface area contributed by atoms with E-state index < -0.39 is 41.6 Å². The number of benzene rings is 2. The molecule has 2 aromatic carbocycles. The Morgan fingerprint density at radius 2 is 1.51 bits per heavy atom. The van der Waals surface area contributed by atoms with Crippen molar-refractivity contribution in [3.8, 4) is 0 Å². The maximum Gasteiger partial charge on any atom is 0.407 e. The highest BCUT2D eigenvalue weighted by Gasteiger charge is 2.42. The fourth-order valence-electron chi connectivity index (χ4n) is 3.98. The Morgan fingerprint density at radius 3 is 2.08 bits per heavy atom. The molecule has 1 aliphatic rings. The summed E-state index contributed by atoms with van der Waals surface area (Å²) in [6.07, 6.45) is 0.629. The van der Waals surface area contributed by atoms with Crippen molar-refractivity contribution in [2.24, 2.45) is 0 Å². The number of nitrogens with one attached hydrogen (secondary N) is 2. The lowest BCUT2D eigenvalue weighted by Crippen LogP contribution is -2.56. The van der Waals surface area contributed by atoms with Gasteiger partial charge in [-0.15, -0.1) is 0 Å². The molecule has 0 bridgehead atoms. The van der Waals surface area contributed by atoms with Crippen LogP contribution in [0.3, 0.4) is 0 Å². The highest BCUT2D eigenvalue weighted by atomic mass is 16.6. The van der Waals surface area contributed by atoms with E-state index in [0.717, 1.165) is 10.0 Å². The Bertz CT molecular complexity index is 1170. The van der Waals surface area contributed by atoms with Crippen LogP contribution in [0.15, 0.2) is 54.6 Å². The second-order valence-electron chi connectivity index (χ2n) is 9.96. The zero-order chi connectivity index (χ0) is 28.6. The molecule has 0 aromatic heterocycles. The number of nitrogens with zero attached hydrogens (tertiary/aromatic N) is 2. The number of methoxy groups -OCH3 is 1. The summed E-state index contributed by atoms with van der Waals surface area (Å²) in [7, 11) is 1.21. The molecule has 1 heterocycles. The number of unbranched alkanes of at least 4 members (excludes halogenated alkanes) is 1. The normalized spacial score (nSPS) is 13.4. The number of amides is 5. The van der Waals surface area contributed by atoms with Crippen LogP contribution in [0.25, 0.3) is 0 Å². The molecule has 0 fully saturated rings. The first-order valence-electron chi connectivity index (χ1n) is 12.7. The van der Waals surface area contributed by atoms with Crippen molar-refractivity contribution in [1.82, 2.24) is 20.7 Å². The average Bonchev–Trinajstić information content (AvgIpc) is 3.15. The van der Waals surface area contributed by atoms with Gasteiger partial charge in [0.2, 0.25) is 0 Å². The summed E-state index contributed by atoms with van der Waals surface area (Å²) in [5.74, 6) is -1.94. The molecule has 208 valence electrons. The van der Waals surface area contributed by atoms with Crippen molar-refractivity contribution in [3.63, 3.8) is 0 Å². The summed E-state index contributed by atoms with van der Waals surface area (Å²) < 4.78 is 10.1. The van der Waals surface area contributed by atoms with Gasteiger partial charge in [-0.2, -0.15) is 5.01 Å². The summed E-state index contributed by atoms with van der Waals surface area (Å²) >= 11 is 0. The summed E-state index contributed by atoms with van der Waals surface area (Å²) in [6, 6.07) is 13.3. The first-order valence-corrected chi connectivity index (χ1v) is 12.7. The summed E-state index contributed by atoms with van der Waals surface area (Å²) in [5, 5.41) is 7.06. The van der Waals surface area contributed by atoms with E-state index in [2.05, 4.69) is 10.6 Å². The lowest BCUT2D eigenvalue weighted by atomic mass is 10.1. The van der Waals surface area contributed by atoms with Gasteiger partial charge in [0.1, 0.15) is 11.6 Å². The zero-order valence-corrected chi connectivity index (χ0v) is 22.6. The molecule has 0 radical (unpaired) electrons. The van der Waals surface area contributed by atoms with E-state index in [1.807, 2.05) is 0 Å². The Balaban J connectivity index is 1.70. The van der Waals surface area contributed by atoms with Gasteiger partial charge in [-0.05, 0) is 57.7 Å². The second-order valence-corrected chi connectivity index (χ2v) is 9.96. The number of hydrogen-bond donors (Lipinski definition) is 2. The van der Waals surface area contributed by atoms with Crippen molar-refractivity contribution in [2.75, 3.05) is 13.7 Å². The number of rotatable bonds is 10. The minimum Gasteiger partial charge on any atom is -0.467 e. The Kier molecular flexibility index (Phi) is 9.64. The largest absolute Gasteiger partial charge is 0.467 e. The monoisotopic (exact) mass is 538 g/mol. The SMILES string of the molecule is COC(=O)[C@H](CCCCNC(=O)OC(C)(C)C)NC(=O)N(Cc1ccccc1)N1C(=O)c2ccccc2C1=O. The first-order chi connectivity index (χ1) is 18.5. The number of alkyl carbamates (subject to hydrolysis) is 1. The van der Waals surface area contributed by atoms with Gasteiger partial charge in [-0.1, -0.05) is 42.5 Å². The van der Waals surface area contributed by atoms with Crippen molar-refractivity contribution < 1.29 is 33.4 Å². The van der Waals surface area contributed by atoms with Gasteiger partial charge in [0.15, 0.2) is 0 Å². The molecule has 0 aliphatic carbocycles. The number of carbonyl (C=O) groups excluding carboxylic acids is 5. The van der Waals surface area contributed by atoms with Crippen LogP contribution < -0.4 is 10.6 Å². The van der Waals surface area contributed by atoms with Gasteiger partial charge in [-0.25, -0.2) is 19.4 Å². The van der Waals surface area contributed by atoms with E-state index in [9.17, 15) is 24.0 Å². The van der Waals surface area contributed by atoms with Crippen LogP contribution in [0.4, 0.5) is 9.59 Å².